The van der Waals surface area contributed by atoms with Gasteiger partial charge in [0, 0.05) is 40.2 Å². The van der Waals surface area contributed by atoms with Gasteiger partial charge in [0.2, 0.25) is 0 Å². The topological polar surface area (TPSA) is 0 Å². The van der Waals surface area contributed by atoms with Crippen molar-refractivity contribution in [2.75, 3.05) is 0 Å². The quantitative estimate of drug-likeness (QED) is 0.122. The Kier molecular flexibility index (Phi) is 43.7. The number of hydrogen-bond acceptors (Lipinski definition) is 0. The summed E-state index contributed by atoms with van der Waals surface area (Å²) < 4.78 is 0. The Labute approximate surface area is 544 Å². The van der Waals surface area contributed by atoms with Crippen LogP contribution in [0.2, 0.25) is 0 Å². The van der Waals surface area contributed by atoms with Crippen LogP contribution in [0.3, 0.4) is 0 Å². The van der Waals surface area contributed by atoms with Crippen LogP contribution in [0.5, 0.6) is 0 Å². The maximum absolute atomic E-state index is 2.26. The van der Waals surface area contributed by atoms with Crippen molar-refractivity contribution in [1.29, 1.82) is 0 Å². The van der Waals surface area contributed by atoms with Crippen LogP contribution in [0.15, 0.2) is 121 Å². The SMILES string of the molecule is Cc1c(C)c(C)[c-](C)c1C.Cc1c(C)c(C)[c-](C)c1C.Cc1c(C)c(C)[c-](C)c1C.Cc1c(C)c(C)[c-](C)c1C.[Co+3].[Ir+3].[Ir+3].[Ir].[Ir].[S-2].[S-2].[S-2].[S-2].c1ccc([B-](c2ccccc2)(c2ccccc2)c2ccccc2)cc1. The van der Waals surface area contributed by atoms with E-state index in [1.807, 2.05) is 0 Å². The van der Waals surface area contributed by atoms with E-state index >= 15 is 0 Å². The first-order valence-electron chi connectivity index (χ1n) is 23.8. The van der Waals surface area contributed by atoms with Crippen LogP contribution in [0, 0.1) is 138 Å². The molecule has 0 aliphatic heterocycles. The van der Waals surface area contributed by atoms with Gasteiger partial charge in [0.25, 0.3) is 0 Å². The number of rotatable bonds is 4. The molecular formula is C64H80BCoIr4S4-4. The number of hydrogen-bond donors (Lipinski definition) is 0. The fourth-order valence-electron chi connectivity index (χ4n) is 9.75. The average molecular weight is 1820 g/mol. The molecule has 0 saturated carbocycles. The Morgan fingerprint density at radius 2 is 0.351 bits per heavy atom. The maximum atomic E-state index is 2.26. The third kappa shape index (κ3) is 19.0. The third-order valence-electron chi connectivity index (χ3n) is 16.4. The second-order valence-corrected chi connectivity index (χ2v) is 19.0. The van der Waals surface area contributed by atoms with Crippen LogP contribution < -0.4 is 21.9 Å². The second-order valence-electron chi connectivity index (χ2n) is 19.0. The Hall–Kier alpha value is -1.15. The van der Waals surface area contributed by atoms with Crippen LogP contribution in [0.1, 0.15) is 111 Å². The van der Waals surface area contributed by atoms with Crippen LogP contribution >= 0.6 is 0 Å². The van der Waals surface area contributed by atoms with E-state index in [0.29, 0.717) is 0 Å². The van der Waals surface area contributed by atoms with Gasteiger partial charge in [-0.2, -0.15) is 133 Å². The van der Waals surface area contributed by atoms with Gasteiger partial charge in [-0.25, -0.2) is 0 Å². The molecule has 2 radical (unpaired) electrons. The largest absolute Gasteiger partial charge is 3.00 e. The van der Waals surface area contributed by atoms with E-state index in [-0.39, 0.29) is 151 Å². The molecule has 0 atom stereocenters. The normalized spacial score (nSPS) is 9.46. The van der Waals surface area contributed by atoms with E-state index < -0.39 is 6.15 Å². The van der Waals surface area contributed by atoms with Gasteiger partial charge in [0.1, 0.15) is 6.15 Å². The summed E-state index contributed by atoms with van der Waals surface area (Å²) in [6, 6.07) is 43.5. The second kappa shape index (κ2) is 38.4. The molecule has 0 saturated heterocycles. The van der Waals surface area contributed by atoms with Crippen molar-refractivity contribution < 1.29 is 97.2 Å². The first-order valence-corrected chi connectivity index (χ1v) is 23.8. The van der Waals surface area contributed by atoms with E-state index in [0.717, 1.165) is 0 Å². The minimum Gasteiger partial charge on any atom is -2.00 e. The molecule has 8 aromatic carbocycles. The minimum atomic E-state index is -1.22. The fourth-order valence-corrected chi connectivity index (χ4v) is 9.75. The van der Waals surface area contributed by atoms with Crippen molar-refractivity contribution in [2.24, 2.45) is 0 Å². The summed E-state index contributed by atoms with van der Waals surface area (Å²) in [5.74, 6) is 0. The molecule has 412 valence electrons. The zero-order valence-electron chi connectivity index (χ0n) is 47.4. The van der Waals surface area contributed by atoms with Gasteiger partial charge in [0.15, 0.2) is 0 Å². The van der Waals surface area contributed by atoms with E-state index in [2.05, 4.69) is 260 Å². The van der Waals surface area contributed by atoms with Gasteiger partial charge >= 0.3 is 57.0 Å². The molecule has 0 bridgehead atoms. The van der Waals surface area contributed by atoms with Gasteiger partial charge in [-0.05, 0) is 0 Å². The summed E-state index contributed by atoms with van der Waals surface area (Å²) in [7, 11) is 0. The van der Waals surface area contributed by atoms with Crippen molar-refractivity contribution in [3.63, 3.8) is 0 Å². The Bertz CT molecular complexity index is 2100. The summed E-state index contributed by atoms with van der Waals surface area (Å²) in [5, 5.41) is 0. The summed E-state index contributed by atoms with van der Waals surface area (Å²) in [5.41, 5.74) is 34.7. The Morgan fingerprint density at radius 1 is 0.243 bits per heavy atom. The van der Waals surface area contributed by atoms with Crippen molar-refractivity contribution in [2.45, 2.75) is 138 Å². The Balaban J connectivity index is -0.000000203. The van der Waals surface area contributed by atoms with Crippen LogP contribution in [-0.4, -0.2) is 6.15 Å². The summed E-state index contributed by atoms with van der Waals surface area (Å²) >= 11 is 0. The molecule has 0 aliphatic rings. The minimum absolute atomic E-state index is 0. The van der Waals surface area contributed by atoms with Crippen LogP contribution in [0.25, 0.3) is 0 Å². The molecule has 10 heteroatoms. The predicted octanol–water partition coefficient (Wildman–Crippen LogP) is 14.8. The van der Waals surface area contributed by atoms with Gasteiger partial charge < -0.3 is 54.0 Å². The summed E-state index contributed by atoms with van der Waals surface area (Å²) in [6.45, 7) is 44.0. The monoisotopic (exact) mass is 1820 g/mol. The van der Waals surface area contributed by atoms with E-state index in [9.17, 15) is 0 Å². The molecule has 0 nitrogen and oxygen atoms in total. The molecular weight excluding hydrogens is 1740 g/mol. The van der Waals surface area contributed by atoms with Crippen LogP contribution in [-0.2, 0) is 151 Å². The van der Waals surface area contributed by atoms with Crippen molar-refractivity contribution in [3.05, 3.63) is 233 Å². The molecule has 74 heavy (non-hydrogen) atoms. The molecule has 0 fully saturated rings. The average Bonchev–Trinajstić information content (AvgIpc) is 3.77. The molecule has 0 heterocycles. The van der Waals surface area contributed by atoms with E-state index in [4.69, 9.17) is 0 Å². The van der Waals surface area contributed by atoms with Gasteiger partial charge in [-0.1, -0.05) is 260 Å². The standard InChI is InChI=1S/C24H20B.4C10H15.Co.4Ir.4S/c1-5-13-21(14-6-1)25(22-15-7-2-8-16-22,23-17-9-3-10-18-23)24-19-11-4-12-20-24;4*1-6-7(2)9(4)10(5)8(6)3;;;;;;;;;/h1-20H;4*1-5H3;;;;;;;;;/q5*-1;+3;;;2*+3;4*-2. The predicted molar refractivity (Wildman–Crippen MR) is 322 cm³/mol. The molecule has 0 aromatic heterocycles. The van der Waals surface area contributed by atoms with Gasteiger partial charge in [-0.3, -0.25) is 0 Å². The van der Waals surface area contributed by atoms with Crippen molar-refractivity contribution >= 4 is 82.0 Å². The molecule has 0 aliphatic carbocycles. The molecule has 0 spiro atoms. The van der Waals surface area contributed by atoms with Crippen LogP contribution in [0.4, 0.5) is 0 Å². The molecule has 8 aromatic rings. The van der Waals surface area contributed by atoms with Gasteiger partial charge in [-0.15, -0.1) is 0 Å². The molecule has 0 N–H and O–H groups in total. The molecule has 8 rings (SSSR count). The Morgan fingerprint density at radius 3 is 0.432 bits per heavy atom. The zero-order chi connectivity index (χ0) is 48.5. The molecule has 0 unspecified atom stereocenters. The summed E-state index contributed by atoms with van der Waals surface area (Å²) in [6.07, 6.45) is -1.22. The third-order valence-corrected chi connectivity index (χ3v) is 16.4. The van der Waals surface area contributed by atoms with E-state index in [1.165, 1.54) is 133 Å². The number of benzene rings is 4. The first kappa shape index (κ1) is 84.2. The maximum Gasteiger partial charge on any atom is 3.00 e. The fraction of sp³-hybridized carbons (Fsp3) is 0.312. The zero-order valence-corrected chi connectivity index (χ0v) is 61.3. The van der Waals surface area contributed by atoms with Crippen molar-refractivity contribution in [3.8, 4) is 0 Å². The smallest absolute Gasteiger partial charge is 2.00 e. The van der Waals surface area contributed by atoms with Crippen molar-refractivity contribution in [1.82, 2.24) is 0 Å². The first-order chi connectivity index (χ1) is 30.6. The molecule has 0 amide bonds. The van der Waals surface area contributed by atoms with Gasteiger partial charge in [0.05, 0.1) is 0 Å². The van der Waals surface area contributed by atoms with E-state index in [1.54, 1.807) is 0 Å². The summed E-state index contributed by atoms with van der Waals surface area (Å²) in [4.78, 5) is 0.